The fourth-order valence-corrected chi connectivity index (χ4v) is 3.89. The normalized spacial score (nSPS) is 14.7. The molecule has 1 aliphatic rings. The van der Waals surface area contributed by atoms with Crippen LogP contribution in [0.15, 0.2) is 30.6 Å². The lowest BCUT2D eigenvalue weighted by Crippen LogP contribution is -2.36. The van der Waals surface area contributed by atoms with Crippen molar-refractivity contribution in [2.75, 3.05) is 5.32 Å². The summed E-state index contributed by atoms with van der Waals surface area (Å²) < 4.78 is 17.6. The fourth-order valence-electron chi connectivity index (χ4n) is 3.89. The molecule has 7 heteroatoms. The molecule has 0 radical (unpaired) electrons. The minimum Gasteiger partial charge on any atom is -0.370 e. The number of nitrogens with one attached hydrogen (secondary N) is 2. The lowest BCUT2D eigenvalue weighted by Gasteiger charge is -2.33. The first-order chi connectivity index (χ1) is 12.9. The molecular weight excluding hydrogens is 343 g/mol. The summed E-state index contributed by atoms with van der Waals surface area (Å²) in [6.07, 6.45) is 3.61. The van der Waals surface area contributed by atoms with Crippen LogP contribution >= 0.6 is 0 Å². The maximum atomic E-state index is 15.8. The Morgan fingerprint density at radius 2 is 1.96 bits per heavy atom. The van der Waals surface area contributed by atoms with E-state index in [4.69, 9.17) is 0 Å². The molecule has 0 aliphatic carbocycles. The van der Waals surface area contributed by atoms with Crippen LogP contribution in [0.1, 0.15) is 31.1 Å². The second-order valence-corrected chi connectivity index (χ2v) is 7.54. The number of nitrogens with zero attached hydrogens (tertiary/aromatic N) is 4. The van der Waals surface area contributed by atoms with Crippen LogP contribution in [0.3, 0.4) is 0 Å². The van der Waals surface area contributed by atoms with E-state index >= 15 is 4.39 Å². The third-order valence-electron chi connectivity index (χ3n) is 5.23. The number of anilines is 1. The number of rotatable bonds is 1. The molecule has 2 N–H and O–H groups in total. The molecule has 27 heavy (non-hydrogen) atoms. The van der Waals surface area contributed by atoms with E-state index in [2.05, 4.69) is 25.5 Å². The zero-order valence-corrected chi connectivity index (χ0v) is 15.6. The van der Waals surface area contributed by atoms with E-state index in [-0.39, 0.29) is 5.82 Å². The molecule has 0 saturated carbocycles. The number of hydrogen-bond acceptors (Lipinski definition) is 4. The summed E-state index contributed by atoms with van der Waals surface area (Å²) >= 11 is 0. The van der Waals surface area contributed by atoms with E-state index in [0.717, 1.165) is 22.0 Å². The standard InChI is InChI=1S/C20H19FN6/c1-10-8-22-16-12(10)6-5-7-13(16)17-15(21)18-14(9-23-17)24-20(3,4)19-26-25-11(2)27(18)19/h5-9,22,24H,1-4H3. The first-order valence-corrected chi connectivity index (χ1v) is 8.85. The summed E-state index contributed by atoms with van der Waals surface area (Å²) in [5.74, 6) is 0.933. The third kappa shape index (κ3) is 2.08. The SMILES string of the molecule is Cc1c[nH]c2c(-c3ncc4c(c3F)-n3c(C)nnc3C(C)(C)N4)cccc12. The van der Waals surface area contributed by atoms with Crippen molar-refractivity contribution >= 4 is 16.6 Å². The monoisotopic (exact) mass is 362 g/mol. The highest BCUT2D eigenvalue weighted by atomic mass is 19.1. The molecule has 0 amide bonds. The number of aryl methyl sites for hydroxylation is 2. The minimum absolute atomic E-state index is 0.307. The maximum Gasteiger partial charge on any atom is 0.175 e. The summed E-state index contributed by atoms with van der Waals surface area (Å²) in [5, 5.41) is 12.8. The average Bonchev–Trinajstić information content (AvgIpc) is 3.19. The van der Waals surface area contributed by atoms with Crippen LogP contribution in [0, 0.1) is 19.7 Å². The predicted octanol–water partition coefficient (Wildman–Crippen LogP) is 4.23. The quantitative estimate of drug-likeness (QED) is 0.532. The molecule has 0 fully saturated rings. The Balaban J connectivity index is 1.81. The van der Waals surface area contributed by atoms with E-state index in [1.807, 2.05) is 52.1 Å². The second kappa shape index (κ2) is 5.16. The molecule has 0 spiro atoms. The summed E-state index contributed by atoms with van der Waals surface area (Å²) in [4.78, 5) is 7.71. The van der Waals surface area contributed by atoms with Gasteiger partial charge in [0.05, 0.1) is 22.9 Å². The van der Waals surface area contributed by atoms with Crippen molar-refractivity contribution in [2.45, 2.75) is 33.2 Å². The van der Waals surface area contributed by atoms with E-state index in [9.17, 15) is 0 Å². The van der Waals surface area contributed by atoms with Gasteiger partial charge in [0, 0.05) is 17.1 Å². The van der Waals surface area contributed by atoms with Crippen molar-refractivity contribution in [1.82, 2.24) is 24.7 Å². The summed E-state index contributed by atoms with van der Waals surface area (Å²) in [5.41, 5.74) is 3.61. The van der Waals surface area contributed by atoms with Crippen molar-refractivity contribution in [3.63, 3.8) is 0 Å². The first-order valence-electron chi connectivity index (χ1n) is 8.85. The van der Waals surface area contributed by atoms with Gasteiger partial charge in [0.15, 0.2) is 11.6 Å². The van der Waals surface area contributed by atoms with Gasteiger partial charge in [0.1, 0.15) is 17.2 Å². The third-order valence-corrected chi connectivity index (χ3v) is 5.23. The van der Waals surface area contributed by atoms with E-state index in [0.29, 0.717) is 28.7 Å². The van der Waals surface area contributed by atoms with Crippen molar-refractivity contribution in [3.8, 4) is 16.9 Å². The molecular formula is C20H19FN6. The van der Waals surface area contributed by atoms with Gasteiger partial charge in [-0.05, 0) is 33.3 Å². The summed E-state index contributed by atoms with van der Waals surface area (Å²) in [7, 11) is 0. The topological polar surface area (TPSA) is 71.4 Å². The van der Waals surface area contributed by atoms with Crippen LogP contribution in [0.5, 0.6) is 0 Å². The molecule has 0 atom stereocenters. The molecule has 4 aromatic rings. The highest BCUT2D eigenvalue weighted by Crippen LogP contribution is 2.40. The molecule has 0 saturated heterocycles. The molecule has 4 heterocycles. The van der Waals surface area contributed by atoms with Gasteiger partial charge in [-0.1, -0.05) is 18.2 Å². The predicted molar refractivity (Wildman–Crippen MR) is 103 cm³/mol. The number of H-pyrrole nitrogens is 1. The van der Waals surface area contributed by atoms with Crippen LogP contribution < -0.4 is 5.32 Å². The van der Waals surface area contributed by atoms with Gasteiger partial charge < -0.3 is 10.3 Å². The van der Waals surface area contributed by atoms with Crippen molar-refractivity contribution in [2.24, 2.45) is 0 Å². The van der Waals surface area contributed by atoms with Gasteiger partial charge in [-0.2, -0.15) is 0 Å². The minimum atomic E-state index is -0.472. The number of fused-ring (bicyclic) bond motifs is 4. The number of halogens is 1. The van der Waals surface area contributed by atoms with E-state index in [1.165, 1.54) is 0 Å². The Morgan fingerprint density at radius 1 is 1.15 bits per heavy atom. The zero-order chi connectivity index (χ0) is 18.9. The Labute approximate surface area is 155 Å². The van der Waals surface area contributed by atoms with Gasteiger partial charge in [-0.15, -0.1) is 10.2 Å². The number of aromatic amines is 1. The van der Waals surface area contributed by atoms with Gasteiger partial charge in [-0.3, -0.25) is 9.55 Å². The maximum absolute atomic E-state index is 15.8. The molecule has 5 rings (SSSR count). The van der Waals surface area contributed by atoms with Crippen molar-refractivity contribution < 1.29 is 4.39 Å². The Kier molecular flexibility index (Phi) is 3.05. The number of para-hydroxylation sites is 1. The number of aromatic nitrogens is 5. The van der Waals surface area contributed by atoms with Gasteiger partial charge in [0.25, 0.3) is 0 Å². The molecule has 1 aliphatic heterocycles. The van der Waals surface area contributed by atoms with Crippen LogP contribution in [0.25, 0.3) is 27.8 Å². The van der Waals surface area contributed by atoms with E-state index < -0.39 is 5.54 Å². The Hall–Kier alpha value is -3.22. The van der Waals surface area contributed by atoms with Gasteiger partial charge in [-0.25, -0.2) is 4.39 Å². The lowest BCUT2D eigenvalue weighted by molar-refractivity contribution is 0.521. The van der Waals surface area contributed by atoms with Gasteiger partial charge in [0.2, 0.25) is 0 Å². The Morgan fingerprint density at radius 3 is 2.78 bits per heavy atom. The molecule has 6 nitrogen and oxygen atoms in total. The van der Waals surface area contributed by atoms with E-state index in [1.54, 1.807) is 10.8 Å². The van der Waals surface area contributed by atoms with Crippen molar-refractivity contribution in [1.29, 1.82) is 0 Å². The highest BCUT2D eigenvalue weighted by molar-refractivity contribution is 5.95. The lowest BCUT2D eigenvalue weighted by atomic mass is 9.99. The van der Waals surface area contributed by atoms with Crippen LogP contribution in [0.4, 0.5) is 10.1 Å². The first kappa shape index (κ1) is 16.0. The number of hydrogen-bond donors (Lipinski definition) is 2. The molecule has 1 aromatic carbocycles. The summed E-state index contributed by atoms with van der Waals surface area (Å²) in [6, 6.07) is 5.83. The molecule has 3 aromatic heterocycles. The smallest absolute Gasteiger partial charge is 0.175 e. The summed E-state index contributed by atoms with van der Waals surface area (Å²) in [6.45, 7) is 7.84. The molecule has 136 valence electrons. The van der Waals surface area contributed by atoms with Crippen LogP contribution in [0.2, 0.25) is 0 Å². The second-order valence-electron chi connectivity index (χ2n) is 7.54. The van der Waals surface area contributed by atoms with Crippen LogP contribution in [-0.4, -0.2) is 24.7 Å². The molecule has 0 unspecified atom stereocenters. The fraction of sp³-hybridized carbons (Fsp3) is 0.250. The Bertz CT molecular complexity index is 1220. The van der Waals surface area contributed by atoms with Crippen molar-refractivity contribution in [3.05, 3.63) is 53.6 Å². The number of benzene rings is 1. The zero-order valence-electron chi connectivity index (χ0n) is 15.6. The molecule has 0 bridgehead atoms. The average molecular weight is 362 g/mol. The van der Waals surface area contributed by atoms with Crippen LogP contribution in [-0.2, 0) is 5.54 Å². The highest BCUT2D eigenvalue weighted by Gasteiger charge is 2.36. The number of pyridine rings is 1. The largest absolute Gasteiger partial charge is 0.370 e. The van der Waals surface area contributed by atoms with Gasteiger partial charge >= 0.3 is 0 Å².